The second kappa shape index (κ2) is 4.58. The number of hydrogen-bond acceptors (Lipinski definition) is 2. The molecule has 0 atom stereocenters. The molecule has 0 aromatic heterocycles. The van der Waals surface area contributed by atoms with E-state index in [1.807, 2.05) is 6.07 Å². The van der Waals surface area contributed by atoms with Gasteiger partial charge in [-0.15, -0.1) is 11.8 Å². The van der Waals surface area contributed by atoms with Crippen molar-refractivity contribution >= 4 is 11.8 Å². The highest BCUT2D eigenvalue weighted by molar-refractivity contribution is 8.01. The number of nitriles is 1. The molecule has 0 unspecified atom stereocenters. The standard InChI is InChI=1S/C12H7F6NS/c13-11(14,15)7-3-8(12(16,17)18)5-9(4-7)20-10(6-19)1-2-10/h3-5H,1-2H2. The van der Waals surface area contributed by atoms with Gasteiger partial charge in [-0.1, -0.05) is 0 Å². The summed E-state index contributed by atoms with van der Waals surface area (Å²) < 4.78 is 74.9. The molecule has 0 bridgehead atoms. The van der Waals surface area contributed by atoms with Gasteiger partial charge >= 0.3 is 12.4 Å². The number of benzene rings is 1. The molecule has 0 aliphatic heterocycles. The van der Waals surface area contributed by atoms with Crippen molar-refractivity contribution in [2.45, 2.75) is 34.8 Å². The SMILES string of the molecule is N#CC1(Sc2cc(C(F)(F)F)cc(C(F)(F)F)c2)CC1. The van der Waals surface area contributed by atoms with Gasteiger partial charge in [-0.05, 0) is 31.0 Å². The highest BCUT2D eigenvalue weighted by Crippen LogP contribution is 2.52. The Kier molecular flexibility index (Phi) is 3.45. The first kappa shape index (κ1) is 15.0. The molecule has 0 N–H and O–H groups in total. The predicted octanol–water partition coefficient (Wildman–Crippen LogP) is 4.87. The Morgan fingerprint density at radius 3 is 1.70 bits per heavy atom. The number of halogens is 6. The lowest BCUT2D eigenvalue weighted by atomic mass is 10.1. The van der Waals surface area contributed by atoms with E-state index in [0.29, 0.717) is 25.0 Å². The van der Waals surface area contributed by atoms with Crippen LogP contribution in [0.3, 0.4) is 0 Å². The summed E-state index contributed by atoms with van der Waals surface area (Å²) in [7, 11) is 0. The van der Waals surface area contributed by atoms with Gasteiger partial charge in [-0.25, -0.2) is 0 Å². The minimum atomic E-state index is -4.86. The summed E-state index contributed by atoms with van der Waals surface area (Å²) in [5, 5.41) is 8.86. The molecule has 1 saturated carbocycles. The van der Waals surface area contributed by atoms with E-state index in [-0.39, 0.29) is 11.0 Å². The fourth-order valence-electron chi connectivity index (χ4n) is 1.56. The van der Waals surface area contributed by atoms with E-state index in [1.165, 1.54) is 0 Å². The van der Waals surface area contributed by atoms with Gasteiger partial charge in [0.2, 0.25) is 0 Å². The van der Waals surface area contributed by atoms with Crippen LogP contribution in [0.2, 0.25) is 0 Å². The zero-order chi connectivity index (χ0) is 15.2. The summed E-state index contributed by atoms with van der Waals surface area (Å²) in [5.74, 6) is 0. The Labute approximate surface area is 114 Å². The fraction of sp³-hybridized carbons (Fsp3) is 0.417. The number of hydrogen-bond donors (Lipinski definition) is 0. The molecule has 1 aliphatic rings. The molecule has 1 fully saturated rings. The van der Waals surface area contributed by atoms with Crippen LogP contribution in [-0.2, 0) is 12.4 Å². The average molecular weight is 311 g/mol. The largest absolute Gasteiger partial charge is 0.416 e. The van der Waals surface area contributed by atoms with Crippen molar-refractivity contribution in [2.24, 2.45) is 0 Å². The summed E-state index contributed by atoms with van der Waals surface area (Å²) in [6, 6.07) is 3.30. The second-order valence-corrected chi connectivity index (χ2v) is 5.91. The molecule has 0 radical (unpaired) electrons. The monoisotopic (exact) mass is 311 g/mol. The van der Waals surface area contributed by atoms with E-state index >= 15 is 0 Å². The van der Waals surface area contributed by atoms with Gasteiger partial charge in [0.25, 0.3) is 0 Å². The van der Waals surface area contributed by atoms with Crippen LogP contribution in [0.4, 0.5) is 26.3 Å². The van der Waals surface area contributed by atoms with E-state index < -0.39 is 28.2 Å². The molecule has 20 heavy (non-hydrogen) atoms. The molecule has 1 aromatic carbocycles. The number of thioether (sulfide) groups is 1. The van der Waals surface area contributed by atoms with E-state index in [0.717, 1.165) is 11.8 Å². The maximum atomic E-state index is 12.6. The molecule has 0 amide bonds. The van der Waals surface area contributed by atoms with Crippen molar-refractivity contribution < 1.29 is 26.3 Å². The van der Waals surface area contributed by atoms with Gasteiger partial charge in [0, 0.05) is 4.90 Å². The van der Waals surface area contributed by atoms with Gasteiger partial charge in [-0.3, -0.25) is 0 Å². The van der Waals surface area contributed by atoms with Crippen molar-refractivity contribution in [1.29, 1.82) is 5.26 Å². The van der Waals surface area contributed by atoms with Crippen LogP contribution >= 0.6 is 11.8 Å². The summed E-state index contributed by atoms with van der Waals surface area (Å²) in [4.78, 5) is -0.189. The van der Waals surface area contributed by atoms with Crippen molar-refractivity contribution in [3.05, 3.63) is 29.3 Å². The molecule has 2 rings (SSSR count). The first-order valence-corrected chi connectivity index (χ1v) is 6.27. The van der Waals surface area contributed by atoms with Crippen LogP contribution < -0.4 is 0 Å². The maximum absolute atomic E-state index is 12.6. The predicted molar refractivity (Wildman–Crippen MR) is 59.9 cm³/mol. The number of nitrogens with zero attached hydrogens (tertiary/aromatic N) is 1. The average Bonchev–Trinajstić information content (AvgIpc) is 3.07. The molecule has 1 nitrogen and oxygen atoms in total. The Bertz CT molecular complexity index is 533. The summed E-state index contributed by atoms with van der Waals surface area (Å²) in [5.41, 5.74) is -2.72. The Balaban J connectivity index is 2.44. The van der Waals surface area contributed by atoms with Crippen molar-refractivity contribution in [3.63, 3.8) is 0 Å². The second-order valence-electron chi connectivity index (χ2n) is 4.45. The third-order valence-corrected chi connectivity index (χ3v) is 4.14. The zero-order valence-corrected chi connectivity index (χ0v) is 10.6. The topological polar surface area (TPSA) is 23.8 Å². The maximum Gasteiger partial charge on any atom is 0.416 e. The molecule has 0 saturated heterocycles. The Morgan fingerprint density at radius 1 is 0.950 bits per heavy atom. The lowest BCUT2D eigenvalue weighted by molar-refractivity contribution is -0.143. The van der Waals surface area contributed by atoms with Gasteiger partial charge in [-0.2, -0.15) is 31.6 Å². The molecular weight excluding hydrogens is 304 g/mol. The van der Waals surface area contributed by atoms with E-state index in [1.54, 1.807) is 0 Å². The van der Waals surface area contributed by atoms with E-state index in [9.17, 15) is 26.3 Å². The highest BCUT2D eigenvalue weighted by atomic mass is 32.2. The van der Waals surface area contributed by atoms with Crippen LogP contribution in [0.5, 0.6) is 0 Å². The van der Waals surface area contributed by atoms with Crippen molar-refractivity contribution in [3.8, 4) is 6.07 Å². The fourth-order valence-corrected chi connectivity index (χ4v) is 2.74. The zero-order valence-electron chi connectivity index (χ0n) is 9.77. The van der Waals surface area contributed by atoms with Gasteiger partial charge < -0.3 is 0 Å². The third-order valence-electron chi connectivity index (χ3n) is 2.78. The molecular formula is C12H7F6NS. The summed E-state index contributed by atoms with van der Waals surface area (Å²) in [6.07, 6.45) is -8.79. The van der Waals surface area contributed by atoms with Crippen LogP contribution in [-0.4, -0.2) is 4.75 Å². The molecule has 0 heterocycles. The molecule has 1 aliphatic carbocycles. The van der Waals surface area contributed by atoms with Crippen LogP contribution in [0, 0.1) is 11.3 Å². The molecule has 1 aromatic rings. The lowest BCUT2D eigenvalue weighted by Gasteiger charge is -2.15. The number of alkyl halides is 6. The van der Waals surface area contributed by atoms with Crippen molar-refractivity contribution in [1.82, 2.24) is 0 Å². The quantitative estimate of drug-likeness (QED) is 0.727. The highest BCUT2D eigenvalue weighted by Gasteiger charge is 2.45. The summed E-state index contributed by atoms with van der Waals surface area (Å²) in [6.45, 7) is 0. The minimum Gasteiger partial charge on any atom is -0.197 e. The van der Waals surface area contributed by atoms with E-state index in [2.05, 4.69) is 0 Å². The normalized spacial score (nSPS) is 17.6. The smallest absolute Gasteiger partial charge is 0.197 e. The minimum absolute atomic E-state index is 0.0794. The Hall–Kier alpha value is -1.36. The molecule has 108 valence electrons. The van der Waals surface area contributed by atoms with Gasteiger partial charge in [0.15, 0.2) is 0 Å². The van der Waals surface area contributed by atoms with Gasteiger partial charge in [0.05, 0.1) is 17.2 Å². The van der Waals surface area contributed by atoms with Gasteiger partial charge in [0.1, 0.15) is 4.75 Å². The van der Waals surface area contributed by atoms with Crippen LogP contribution in [0.1, 0.15) is 24.0 Å². The number of rotatable bonds is 2. The van der Waals surface area contributed by atoms with Crippen LogP contribution in [0.25, 0.3) is 0 Å². The van der Waals surface area contributed by atoms with Crippen LogP contribution in [0.15, 0.2) is 23.1 Å². The Morgan fingerprint density at radius 2 is 1.40 bits per heavy atom. The third kappa shape index (κ3) is 3.20. The summed E-state index contributed by atoms with van der Waals surface area (Å²) >= 11 is 0.756. The van der Waals surface area contributed by atoms with Crippen molar-refractivity contribution in [2.75, 3.05) is 0 Å². The van der Waals surface area contributed by atoms with E-state index in [4.69, 9.17) is 5.26 Å². The molecule has 8 heteroatoms. The lowest BCUT2D eigenvalue weighted by Crippen LogP contribution is -2.11. The molecule has 0 spiro atoms. The first-order chi connectivity index (χ1) is 9.06. The first-order valence-electron chi connectivity index (χ1n) is 5.45.